The van der Waals surface area contributed by atoms with Crippen molar-refractivity contribution in [2.24, 2.45) is 11.7 Å². The zero-order chi connectivity index (χ0) is 11.1. The van der Waals surface area contributed by atoms with Crippen molar-refractivity contribution in [3.05, 3.63) is 11.6 Å². The molecule has 0 radical (unpaired) electrons. The predicted molar refractivity (Wildman–Crippen MR) is 61.5 cm³/mol. The Labute approximate surface area is 91.7 Å². The summed E-state index contributed by atoms with van der Waals surface area (Å²) in [6.07, 6.45) is 5.28. The van der Waals surface area contributed by atoms with Gasteiger partial charge in [-0.3, -0.25) is 5.10 Å². The normalized spacial score (nSPS) is 13.0. The first-order valence-electron chi connectivity index (χ1n) is 5.86. The first-order valence-corrected chi connectivity index (χ1v) is 5.86. The lowest BCUT2D eigenvalue weighted by molar-refractivity contribution is 0.494. The van der Waals surface area contributed by atoms with E-state index >= 15 is 0 Å². The molecule has 4 nitrogen and oxygen atoms in total. The van der Waals surface area contributed by atoms with Crippen LogP contribution in [0.25, 0.3) is 0 Å². The van der Waals surface area contributed by atoms with Crippen molar-refractivity contribution >= 4 is 0 Å². The van der Waals surface area contributed by atoms with E-state index in [4.69, 9.17) is 5.73 Å². The Morgan fingerprint density at radius 1 is 1.33 bits per heavy atom. The third-order valence-electron chi connectivity index (χ3n) is 2.59. The molecule has 0 fully saturated rings. The minimum Gasteiger partial charge on any atom is -0.330 e. The van der Waals surface area contributed by atoms with Crippen LogP contribution in [0.1, 0.15) is 44.8 Å². The van der Waals surface area contributed by atoms with E-state index in [9.17, 15) is 0 Å². The molecule has 3 N–H and O–H groups in total. The lowest BCUT2D eigenvalue weighted by atomic mass is 10.0. The molecule has 1 unspecified atom stereocenters. The second-order valence-electron chi connectivity index (χ2n) is 4.17. The van der Waals surface area contributed by atoms with Crippen LogP contribution in [0.3, 0.4) is 0 Å². The highest BCUT2D eigenvalue weighted by Gasteiger charge is 2.05. The van der Waals surface area contributed by atoms with Gasteiger partial charge < -0.3 is 5.73 Å². The summed E-state index contributed by atoms with van der Waals surface area (Å²) in [5.74, 6) is 2.63. The van der Waals surface area contributed by atoms with Gasteiger partial charge >= 0.3 is 0 Å². The van der Waals surface area contributed by atoms with Crippen LogP contribution in [0.5, 0.6) is 0 Å². The Kier molecular flexibility index (Phi) is 5.32. The molecule has 0 aliphatic carbocycles. The number of nitrogens with one attached hydrogen (secondary N) is 1. The topological polar surface area (TPSA) is 67.6 Å². The summed E-state index contributed by atoms with van der Waals surface area (Å²) in [6, 6.07) is 0. The number of hydrogen-bond acceptors (Lipinski definition) is 3. The van der Waals surface area contributed by atoms with Gasteiger partial charge in [-0.1, -0.05) is 13.8 Å². The fourth-order valence-electron chi connectivity index (χ4n) is 1.60. The zero-order valence-corrected chi connectivity index (χ0v) is 9.79. The molecule has 0 aromatic carbocycles. The average molecular weight is 210 g/mol. The van der Waals surface area contributed by atoms with E-state index in [1.165, 1.54) is 0 Å². The number of hydrogen-bond donors (Lipinski definition) is 2. The van der Waals surface area contributed by atoms with Gasteiger partial charge in [-0.2, -0.15) is 5.10 Å². The van der Waals surface area contributed by atoms with Crippen LogP contribution < -0.4 is 5.73 Å². The first kappa shape index (κ1) is 12.2. The standard InChI is InChI=1S/C11H22N4/c1-3-4-10-13-11(15-14-10)6-5-9(2)7-8-12/h9H,3-8,12H2,1-2H3,(H,13,14,15). The number of rotatable bonds is 7. The summed E-state index contributed by atoms with van der Waals surface area (Å²) in [4.78, 5) is 4.43. The Bertz CT molecular complexity index is 269. The van der Waals surface area contributed by atoms with Crippen LogP contribution in [0, 0.1) is 5.92 Å². The van der Waals surface area contributed by atoms with E-state index in [0.717, 1.165) is 50.3 Å². The molecule has 0 spiro atoms. The second kappa shape index (κ2) is 6.56. The molecule has 1 aromatic heterocycles. The molecule has 1 atom stereocenters. The molecule has 0 amide bonds. The Morgan fingerprint density at radius 3 is 2.80 bits per heavy atom. The summed E-state index contributed by atoms with van der Waals surface area (Å²) >= 11 is 0. The zero-order valence-electron chi connectivity index (χ0n) is 9.79. The van der Waals surface area contributed by atoms with Crippen LogP contribution in [-0.4, -0.2) is 21.7 Å². The number of aryl methyl sites for hydroxylation is 2. The van der Waals surface area contributed by atoms with E-state index < -0.39 is 0 Å². The molecular formula is C11H22N4. The Balaban J connectivity index is 2.30. The predicted octanol–water partition coefficient (Wildman–Crippen LogP) is 1.67. The van der Waals surface area contributed by atoms with E-state index in [2.05, 4.69) is 29.0 Å². The Morgan fingerprint density at radius 2 is 2.13 bits per heavy atom. The van der Waals surface area contributed by atoms with Crippen molar-refractivity contribution in [1.29, 1.82) is 0 Å². The molecule has 0 bridgehead atoms. The summed E-state index contributed by atoms with van der Waals surface area (Å²) in [5, 5.41) is 7.18. The third kappa shape index (κ3) is 4.42. The van der Waals surface area contributed by atoms with Gasteiger partial charge in [-0.25, -0.2) is 4.98 Å². The van der Waals surface area contributed by atoms with Crippen LogP contribution in [0.4, 0.5) is 0 Å². The van der Waals surface area contributed by atoms with Gasteiger partial charge in [0.05, 0.1) is 0 Å². The number of aromatic nitrogens is 3. The maximum absolute atomic E-state index is 5.50. The van der Waals surface area contributed by atoms with Crippen molar-refractivity contribution in [1.82, 2.24) is 15.2 Å². The van der Waals surface area contributed by atoms with Gasteiger partial charge in [0.1, 0.15) is 5.82 Å². The fourth-order valence-corrected chi connectivity index (χ4v) is 1.60. The molecule has 15 heavy (non-hydrogen) atoms. The molecular weight excluding hydrogens is 188 g/mol. The monoisotopic (exact) mass is 210 g/mol. The molecule has 4 heteroatoms. The number of aromatic amines is 1. The van der Waals surface area contributed by atoms with Gasteiger partial charge in [0.2, 0.25) is 0 Å². The first-order chi connectivity index (χ1) is 7.26. The van der Waals surface area contributed by atoms with Crippen molar-refractivity contribution in [3.8, 4) is 0 Å². The molecule has 0 aliphatic rings. The molecule has 1 rings (SSSR count). The maximum atomic E-state index is 5.50. The minimum absolute atomic E-state index is 0.670. The quantitative estimate of drug-likeness (QED) is 0.719. The van der Waals surface area contributed by atoms with E-state index in [1.807, 2.05) is 0 Å². The smallest absolute Gasteiger partial charge is 0.150 e. The lowest BCUT2D eigenvalue weighted by Crippen LogP contribution is -2.07. The number of nitrogens with zero attached hydrogens (tertiary/aromatic N) is 2. The van der Waals surface area contributed by atoms with Gasteiger partial charge in [0.25, 0.3) is 0 Å². The van der Waals surface area contributed by atoms with E-state index in [-0.39, 0.29) is 0 Å². The fraction of sp³-hybridized carbons (Fsp3) is 0.818. The van der Waals surface area contributed by atoms with Crippen molar-refractivity contribution in [2.45, 2.75) is 46.0 Å². The lowest BCUT2D eigenvalue weighted by Gasteiger charge is -2.06. The largest absolute Gasteiger partial charge is 0.330 e. The minimum atomic E-state index is 0.670. The highest BCUT2D eigenvalue weighted by atomic mass is 15.2. The van der Waals surface area contributed by atoms with Crippen molar-refractivity contribution in [3.63, 3.8) is 0 Å². The Hall–Kier alpha value is -0.900. The van der Waals surface area contributed by atoms with Crippen LogP contribution in [0.15, 0.2) is 0 Å². The van der Waals surface area contributed by atoms with Gasteiger partial charge in [-0.05, 0) is 31.7 Å². The van der Waals surface area contributed by atoms with Crippen LogP contribution in [0.2, 0.25) is 0 Å². The SMILES string of the molecule is CCCc1nc(CCC(C)CCN)n[nH]1. The molecule has 0 saturated heterocycles. The van der Waals surface area contributed by atoms with Gasteiger partial charge in [0.15, 0.2) is 5.82 Å². The molecule has 86 valence electrons. The highest BCUT2D eigenvalue weighted by Crippen LogP contribution is 2.09. The van der Waals surface area contributed by atoms with Crippen molar-refractivity contribution in [2.75, 3.05) is 6.54 Å². The maximum Gasteiger partial charge on any atom is 0.150 e. The van der Waals surface area contributed by atoms with E-state index in [0.29, 0.717) is 5.92 Å². The van der Waals surface area contributed by atoms with Crippen molar-refractivity contribution < 1.29 is 0 Å². The molecule has 0 saturated carbocycles. The number of H-pyrrole nitrogens is 1. The van der Waals surface area contributed by atoms with Gasteiger partial charge in [-0.15, -0.1) is 0 Å². The number of nitrogens with two attached hydrogens (primary N) is 1. The molecule has 0 aliphatic heterocycles. The highest BCUT2D eigenvalue weighted by molar-refractivity contribution is 4.90. The summed E-state index contributed by atoms with van der Waals surface area (Å²) in [6.45, 7) is 5.15. The molecule has 1 aromatic rings. The van der Waals surface area contributed by atoms with E-state index in [1.54, 1.807) is 0 Å². The second-order valence-corrected chi connectivity index (χ2v) is 4.17. The van der Waals surface area contributed by atoms with Crippen LogP contribution >= 0.6 is 0 Å². The van der Waals surface area contributed by atoms with Crippen LogP contribution in [-0.2, 0) is 12.8 Å². The average Bonchev–Trinajstić information content (AvgIpc) is 2.64. The summed E-state index contributed by atoms with van der Waals surface area (Å²) in [5.41, 5.74) is 5.50. The third-order valence-corrected chi connectivity index (χ3v) is 2.59. The summed E-state index contributed by atoms with van der Waals surface area (Å²) < 4.78 is 0. The molecule has 1 heterocycles. The van der Waals surface area contributed by atoms with Gasteiger partial charge in [0, 0.05) is 12.8 Å². The summed E-state index contributed by atoms with van der Waals surface area (Å²) in [7, 11) is 0.